The Labute approximate surface area is 120 Å². The lowest BCUT2D eigenvalue weighted by Gasteiger charge is -2.24. The van der Waals surface area contributed by atoms with Gasteiger partial charge in [0.2, 0.25) is 0 Å². The fraction of sp³-hybridized carbons (Fsp3) is 0.600. The third kappa shape index (κ3) is 4.74. The Hall–Kier alpha value is -1.17. The topological polar surface area (TPSA) is 44.7 Å². The molecule has 1 rings (SSSR count). The van der Waals surface area contributed by atoms with E-state index in [1.807, 2.05) is 19.0 Å². The lowest BCUT2D eigenvalue weighted by atomic mass is 10.0. The molecule has 0 bridgehead atoms. The predicted molar refractivity (Wildman–Crippen MR) is 78.5 cm³/mol. The van der Waals surface area contributed by atoms with Gasteiger partial charge >= 0.3 is 0 Å². The normalized spacial score (nSPS) is 14.3. The number of nitrogens with one attached hydrogen (secondary N) is 1. The van der Waals surface area contributed by atoms with E-state index in [2.05, 4.69) is 5.32 Å². The van der Waals surface area contributed by atoms with Gasteiger partial charge in [-0.25, -0.2) is 4.39 Å². The van der Waals surface area contributed by atoms with Crippen LogP contribution in [0.3, 0.4) is 0 Å². The van der Waals surface area contributed by atoms with E-state index in [0.717, 1.165) is 13.0 Å². The number of nitrogens with zero attached hydrogens (tertiary/aromatic N) is 1. The Morgan fingerprint density at radius 1 is 1.45 bits per heavy atom. The first-order chi connectivity index (χ1) is 9.49. The third-order valence-corrected chi connectivity index (χ3v) is 3.31. The van der Waals surface area contributed by atoms with Gasteiger partial charge in [-0.1, -0.05) is 6.07 Å². The Balaban J connectivity index is 2.76. The van der Waals surface area contributed by atoms with Crippen molar-refractivity contribution >= 4 is 0 Å². The largest absolute Gasteiger partial charge is 0.496 e. The van der Waals surface area contributed by atoms with Gasteiger partial charge in [-0.05, 0) is 46.1 Å². The number of methoxy groups -OCH3 is 1. The third-order valence-electron chi connectivity index (χ3n) is 3.31. The molecule has 20 heavy (non-hydrogen) atoms. The second-order valence-electron chi connectivity index (χ2n) is 5.10. The number of halogens is 1. The SMILES string of the molecule is CNC(CCN(C)CC(C)O)c1c(F)cccc1OC. The first kappa shape index (κ1) is 16.9. The Morgan fingerprint density at radius 2 is 2.15 bits per heavy atom. The number of hydrogen-bond donors (Lipinski definition) is 2. The minimum atomic E-state index is -0.365. The van der Waals surface area contributed by atoms with E-state index in [1.54, 1.807) is 26.2 Å². The van der Waals surface area contributed by atoms with E-state index in [0.29, 0.717) is 17.9 Å². The molecule has 0 aliphatic heterocycles. The average molecular weight is 284 g/mol. The van der Waals surface area contributed by atoms with Crippen LogP contribution in [0.4, 0.5) is 4.39 Å². The van der Waals surface area contributed by atoms with E-state index in [4.69, 9.17) is 4.74 Å². The quantitative estimate of drug-likeness (QED) is 0.764. The predicted octanol–water partition coefficient (Wildman–Crippen LogP) is 1.80. The zero-order valence-corrected chi connectivity index (χ0v) is 12.7. The molecular formula is C15H25FN2O2. The van der Waals surface area contributed by atoms with Crippen molar-refractivity contribution in [1.82, 2.24) is 10.2 Å². The summed E-state index contributed by atoms with van der Waals surface area (Å²) in [6.45, 7) is 3.12. The molecule has 0 aliphatic rings. The van der Waals surface area contributed by atoms with Crippen LogP contribution in [0.15, 0.2) is 18.2 Å². The minimum Gasteiger partial charge on any atom is -0.496 e. The summed E-state index contributed by atoms with van der Waals surface area (Å²) in [5.41, 5.74) is 0.558. The molecular weight excluding hydrogens is 259 g/mol. The number of likely N-dealkylation sites (N-methyl/N-ethyl adjacent to an activating group) is 1. The molecule has 0 aliphatic carbocycles. The van der Waals surface area contributed by atoms with Gasteiger partial charge in [0.25, 0.3) is 0 Å². The molecule has 0 saturated carbocycles. The van der Waals surface area contributed by atoms with E-state index in [9.17, 15) is 9.50 Å². The molecule has 2 unspecified atom stereocenters. The Kier molecular flexibility index (Phi) is 6.91. The first-order valence-corrected chi connectivity index (χ1v) is 6.85. The molecule has 0 heterocycles. The van der Waals surface area contributed by atoms with Gasteiger partial charge in [-0.3, -0.25) is 0 Å². The van der Waals surface area contributed by atoms with E-state index in [1.165, 1.54) is 6.07 Å². The van der Waals surface area contributed by atoms with Gasteiger partial charge in [0.1, 0.15) is 11.6 Å². The van der Waals surface area contributed by atoms with E-state index < -0.39 is 0 Å². The maximum Gasteiger partial charge on any atom is 0.131 e. The fourth-order valence-corrected chi connectivity index (χ4v) is 2.36. The summed E-state index contributed by atoms with van der Waals surface area (Å²) in [5.74, 6) is 0.296. The second-order valence-corrected chi connectivity index (χ2v) is 5.10. The van der Waals surface area contributed by atoms with Crippen LogP contribution in [0.1, 0.15) is 24.9 Å². The Bertz CT molecular complexity index is 413. The smallest absolute Gasteiger partial charge is 0.131 e. The maximum absolute atomic E-state index is 14.0. The average Bonchev–Trinajstić information content (AvgIpc) is 2.39. The summed E-state index contributed by atoms with van der Waals surface area (Å²) in [7, 11) is 5.30. The standard InChI is InChI=1S/C15H25FN2O2/c1-11(19)10-18(3)9-8-13(17-2)15-12(16)6-5-7-14(15)20-4/h5-7,11,13,17,19H,8-10H2,1-4H3. The lowest BCUT2D eigenvalue weighted by Crippen LogP contribution is -2.31. The molecule has 0 aromatic heterocycles. The van der Waals surface area contributed by atoms with Crippen molar-refractivity contribution in [1.29, 1.82) is 0 Å². The van der Waals surface area contributed by atoms with E-state index >= 15 is 0 Å². The highest BCUT2D eigenvalue weighted by molar-refractivity contribution is 5.37. The summed E-state index contributed by atoms with van der Waals surface area (Å²) in [5, 5.41) is 12.5. The Morgan fingerprint density at radius 3 is 2.70 bits per heavy atom. The molecule has 0 amide bonds. The van der Waals surface area contributed by atoms with E-state index in [-0.39, 0.29) is 18.0 Å². The molecule has 0 saturated heterocycles. The van der Waals surface area contributed by atoms with Gasteiger partial charge in [-0.2, -0.15) is 0 Å². The summed E-state index contributed by atoms with van der Waals surface area (Å²) in [4.78, 5) is 2.03. The summed E-state index contributed by atoms with van der Waals surface area (Å²) < 4.78 is 19.3. The zero-order chi connectivity index (χ0) is 15.1. The fourth-order valence-electron chi connectivity index (χ4n) is 2.36. The number of ether oxygens (including phenoxy) is 1. The molecule has 2 atom stereocenters. The zero-order valence-electron chi connectivity index (χ0n) is 12.7. The van der Waals surface area contributed by atoms with Crippen LogP contribution in [0, 0.1) is 5.82 Å². The van der Waals surface area contributed by atoms with Gasteiger partial charge in [0, 0.05) is 18.2 Å². The van der Waals surface area contributed by atoms with Crippen LogP contribution in [0.5, 0.6) is 5.75 Å². The highest BCUT2D eigenvalue weighted by atomic mass is 19.1. The van der Waals surface area contributed by atoms with Gasteiger partial charge in [-0.15, -0.1) is 0 Å². The van der Waals surface area contributed by atoms with Crippen LogP contribution in [0.25, 0.3) is 0 Å². The van der Waals surface area contributed by atoms with Gasteiger partial charge < -0.3 is 20.1 Å². The number of rotatable bonds is 8. The molecule has 4 nitrogen and oxygen atoms in total. The number of aliphatic hydroxyl groups is 1. The van der Waals surface area contributed by atoms with Gasteiger partial charge in [0.15, 0.2) is 0 Å². The van der Waals surface area contributed by atoms with Crippen LogP contribution in [-0.2, 0) is 0 Å². The number of benzene rings is 1. The van der Waals surface area contributed by atoms with Crippen molar-refractivity contribution in [3.63, 3.8) is 0 Å². The van der Waals surface area contributed by atoms with Crippen LogP contribution in [-0.4, -0.2) is 50.4 Å². The molecule has 2 N–H and O–H groups in total. The van der Waals surface area contributed by atoms with Gasteiger partial charge in [0.05, 0.1) is 13.2 Å². The van der Waals surface area contributed by atoms with Crippen molar-refractivity contribution in [2.75, 3.05) is 34.3 Å². The first-order valence-electron chi connectivity index (χ1n) is 6.85. The van der Waals surface area contributed by atoms with Crippen LogP contribution in [0.2, 0.25) is 0 Å². The lowest BCUT2D eigenvalue weighted by molar-refractivity contribution is 0.139. The monoisotopic (exact) mass is 284 g/mol. The molecule has 1 aromatic rings. The molecule has 0 fully saturated rings. The van der Waals surface area contributed by atoms with Crippen molar-refractivity contribution < 1.29 is 14.2 Å². The highest BCUT2D eigenvalue weighted by Gasteiger charge is 2.19. The summed E-state index contributed by atoms with van der Waals surface area (Å²) >= 11 is 0. The van der Waals surface area contributed by atoms with Crippen LogP contribution >= 0.6 is 0 Å². The molecule has 1 aromatic carbocycles. The van der Waals surface area contributed by atoms with Crippen molar-refractivity contribution in [3.8, 4) is 5.75 Å². The number of hydrogen-bond acceptors (Lipinski definition) is 4. The van der Waals surface area contributed by atoms with Crippen molar-refractivity contribution in [3.05, 3.63) is 29.6 Å². The molecule has 114 valence electrons. The molecule has 5 heteroatoms. The minimum absolute atomic E-state index is 0.123. The van der Waals surface area contributed by atoms with Crippen molar-refractivity contribution in [2.24, 2.45) is 0 Å². The number of aliphatic hydroxyl groups excluding tert-OH is 1. The summed E-state index contributed by atoms with van der Waals surface area (Å²) in [6.07, 6.45) is 0.368. The summed E-state index contributed by atoms with van der Waals surface area (Å²) in [6, 6.07) is 4.73. The second kappa shape index (κ2) is 8.19. The van der Waals surface area contributed by atoms with Crippen molar-refractivity contribution in [2.45, 2.75) is 25.5 Å². The molecule has 0 spiro atoms. The highest BCUT2D eigenvalue weighted by Crippen LogP contribution is 2.29. The van der Waals surface area contributed by atoms with Crippen LogP contribution < -0.4 is 10.1 Å². The molecule has 0 radical (unpaired) electrons. The maximum atomic E-state index is 14.0.